The Morgan fingerprint density at radius 3 is 2.81 bits per heavy atom. The molecule has 4 nitrogen and oxygen atoms in total. The molecule has 1 rings (SSSR count). The largest absolute Gasteiger partial charge is 0.478 e. The summed E-state index contributed by atoms with van der Waals surface area (Å²) < 4.78 is 13.3. The Bertz CT molecular complexity index is 386. The van der Waals surface area contributed by atoms with Crippen LogP contribution in [0.5, 0.6) is 0 Å². The van der Waals surface area contributed by atoms with Crippen LogP contribution in [0.25, 0.3) is 0 Å². The van der Waals surface area contributed by atoms with Crippen molar-refractivity contribution in [3.05, 3.63) is 29.6 Å². The first-order valence-corrected chi connectivity index (χ1v) is 5.09. The van der Waals surface area contributed by atoms with Crippen molar-refractivity contribution in [2.75, 3.05) is 17.7 Å². The molecule has 0 amide bonds. The molecule has 0 heterocycles. The molecule has 1 aromatic rings. The lowest BCUT2D eigenvalue weighted by molar-refractivity contribution is 0.0697. The number of hydrogen-bond acceptors (Lipinski definition) is 3. The number of aliphatic hydroxyl groups is 1. The third-order valence-electron chi connectivity index (χ3n) is 1.94. The van der Waals surface area contributed by atoms with E-state index >= 15 is 0 Å². The van der Waals surface area contributed by atoms with Crippen molar-refractivity contribution in [1.82, 2.24) is 0 Å². The van der Waals surface area contributed by atoms with Gasteiger partial charge >= 0.3 is 5.97 Å². The maximum Gasteiger partial charge on any atom is 0.337 e. The Hall–Kier alpha value is -1.33. The molecule has 88 valence electrons. The predicted molar refractivity (Wildman–Crippen MR) is 58.6 cm³/mol. The maximum absolute atomic E-state index is 13.3. The van der Waals surface area contributed by atoms with Gasteiger partial charge in [-0.25, -0.2) is 9.18 Å². The van der Waals surface area contributed by atoms with Gasteiger partial charge in [0.1, 0.15) is 5.82 Å². The summed E-state index contributed by atoms with van der Waals surface area (Å²) in [5.41, 5.74) is -0.319. The fourth-order valence-electron chi connectivity index (χ4n) is 1.16. The van der Waals surface area contributed by atoms with E-state index in [1.54, 1.807) is 0 Å². The van der Waals surface area contributed by atoms with Crippen LogP contribution in [0.4, 0.5) is 10.1 Å². The van der Waals surface area contributed by atoms with E-state index in [-0.39, 0.29) is 23.7 Å². The third-order valence-corrected chi connectivity index (χ3v) is 2.29. The Labute approximate surface area is 96.7 Å². The van der Waals surface area contributed by atoms with Crippen LogP contribution in [-0.4, -0.2) is 34.7 Å². The molecule has 0 bridgehead atoms. The minimum Gasteiger partial charge on any atom is -0.478 e. The van der Waals surface area contributed by atoms with Crippen LogP contribution in [-0.2, 0) is 0 Å². The van der Waals surface area contributed by atoms with Gasteiger partial charge in [-0.2, -0.15) is 0 Å². The highest BCUT2D eigenvalue weighted by atomic mass is 35.5. The molecule has 0 aliphatic heterocycles. The molecule has 0 spiro atoms. The van der Waals surface area contributed by atoms with Gasteiger partial charge in [-0.1, -0.05) is 6.07 Å². The summed E-state index contributed by atoms with van der Waals surface area (Å²) in [6.07, 6.45) is -0.858. The van der Waals surface area contributed by atoms with E-state index in [1.807, 2.05) is 0 Å². The number of anilines is 1. The first kappa shape index (κ1) is 12.7. The lowest BCUT2D eigenvalue weighted by atomic mass is 10.1. The fraction of sp³-hybridized carbons (Fsp3) is 0.300. The van der Waals surface area contributed by atoms with E-state index in [0.717, 1.165) is 6.07 Å². The van der Waals surface area contributed by atoms with Crippen molar-refractivity contribution < 1.29 is 19.4 Å². The van der Waals surface area contributed by atoms with Crippen LogP contribution in [0.1, 0.15) is 10.4 Å². The number of carbonyl (C=O) groups is 1. The molecular weight excluding hydrogens is 237 g/mol. The van der Waals surface area contributed by atoms with Crippen LogP contribution < -0.4 is 5.32 Å². The molecule has 1 unspecified atom stereocenters. The molecule has 0 fully saturated rings. The molecule has 6 heteroatoms. The minimum absolute atomic E-state index is 0.00921. The molecule has 1 atom stereocenters. The highest BCUT2D eigenvalue weighted by molar-refractivity contribution is 6.18. The number of carboxylic acids is 1. The predicted octanol–water partition coefficient (Wildman–Crippen LogP) is 1.54. The average Bonchev–Trinajstić information content (AvgIpc) is 2.26. The van der Waals surface area contributed by atoms with Gasteiger partial charge in [0.05, 0.1) is 23.2 Å². The summed E-state index contributed by atoms with van der Waals surface area (Å²) in [5.74, 6) is -1.92. The number of halogens is 2. The Balaban J connectivity index is 2.88. The number of para-hydroxylation sites is 1. The quantitative estimate of drug-likeness (QED) is 0.691. The summed E-state index contributed by atoms with van der Waals surface area (Å²) in [4.78, 5) is 10.8. The van der Waals surface area contributed by atoms with Crippen molar-refractivity contribution >= 4 is 23.3 Å². The van der Waals surface area contributed by atoms with E-state index in [0.29, 0.717) is 0 Å². The Kier molecular flexibility index (Phi) is 4.52. The molecule has 0 aromatic heterocycles. The zero-order valence-corrected chi connectivity index (χ0v) is 9.04. The van der Waals surface area contributed by atoms with Gasteiger partial charge in [0.15, 0.2) is 0 Å². The number of benzene rings is 1. The topological polar surface area (TPSA) is 69.6 Å². The van der Waals surface area contributed by atoms with Gasteiger partial charge in [-0.05, 0) is 12.1 Å². The van der Waals surface area contributed by atoms with Crippen LogP contribution in [0.15, 0.2) is 18.2 Å². The molecule has 0 radical (unpaired) electrons. The zero-order valence-electron chi connectivity index (χ0n) is 8.28. The highest BCUT2D eigenvalue weighted by Crippen LogP contribution is 2.19. The fourth-order valence-corrected chi connectivity index (χ4v) is 1.27. The van der Waals surface area contributed by atoms with E-state index in [2.05, 4.69) is 5.32 Å². The van der Waals surface area contributed by atoms with E-state index in [4.69, 9.17) is 16.7 Å². The second-order valence-electron chi connectivity index (χ2n) is 3.16. The highest BCUT2D eigenvalue weighted by Gasteiger charge is 2.14. The van der Waals surface area contributed by atoms with Crippen molar-refractivity contribution in [2.24, 2.45) is 0 Å². The molecule has 0 aliphatic rings. The number of aromatic carboxylic acids is 1. The third kappa shape index (κ3) is 3.08. The van der Waals surface area contributed by atoms with E-state index in [9.17, 15) is 14.3 Å². The summed E-state index contributed by atoms with van der Waals surface area (Å²) in [7, 11) is 0. The first-order valence-electron chi connectivity index (χ1n) is 4.56. The zero-order chi connectivity index (χ0) is 12.1. The molecule has 0 saturated heterocycles. The number of carboxylic acid groups (broad SMARTS) is 1. The SMILES string of the molecule is O=C(O)c1cccc(F)c1NCC(O)CCl. The molecule has 0 saturated carbocycles. The monoisotopic (exact) mass is 247 g/mol. The molecular formula is C10H11ClFNO3. The summed E-state index contributed by atoms with van der Waals surface area (Å²) in [6, 6.07) is 3.73. The summed E-state index contributed by atoms with van der Waals surface area (Å²) in [6.45, 7) is -0.00921. The summed E-state index contributed by atoms with van der Waals surface area (Å²) >= 11 is 5.36. The number of alkyl halides is 1. The normalized spacial score (nSPS) is 12.2. The molecule has 1 aromatic carbocycles. The number of rotatable bonds is 5. The van der Waals surface area contributed by atoms with Crippen LogP contribution >= 0.6 is 11.6 Å². The van der Waals surface area contributed by atoms with Crippen molar-refractivity contribution in [3.8, 4) is 0 Å². The van der Waals surface area contributed by atoms with Crippen LogP contribution in [0.3, 0.4) is 0 Å². The molecule has 16 heavy (non-hydrogen) atoms. The van der Waals surface area contributed by atoms with Gasteiger partial charge in [0.2, 0.25) is 0 Å². The van der Waals surface area contributed by atoms with E-state index in [1.165, 1.54) is 12.1 Å². The van der Waals surface area contributed by atoms with Gasteiger partial charge in [-0.3, -0.25) is 0 Å². The number of aliphatic hydroxyl groups excluding tert-OH is 1. The lowest BCUT2D eigenvalue weighted by Gasteiger charge is -2.12. The average molecular weight is 248 g/mol. The van der Waals surface area contributed by atoms with Gasteiger partial charge in [0, 0.05) is 6.54 Å². The smallest absolute Gasteiger partial charge is 0.337 e. The van der Waals surface area contributed by atoms with Gasteiger partial charge in [0.25, 0.3) is 0 Å². The van der Waals surface area contributed by atoms with Crippen molar-refractivity contribution in [3.63, 3.8) is 0 Å². The van der Waals surface area contributed by atoms with Crippen molar-refractivity contribution in [1.29, 1.82) is 0 Å². The number of nitrogens with one attached hydrogen (secondary N) is 1. The van der Waals surface area contributed by atoms with E-state index < -0.39 is 17.9 Å². The van der Waals surface area contributed by atoms with Gasteiger partial charge < -0.3 is 15.5 Å². The second kappa shape index (κ2) is 5.67. The first-order chi connectivity index (χ1) is 7.56. The Morgan fingerprint density at radius 2 is 2.25 bits per heavy atom. The standard InChI is InChI=1S/C10H11ClFNO3/c11-4-6(14)5-13-9-7(10(15)16)2-1-3-8(9)12/h1-3,6,13-14H,4-5H2,(H,15,16). The minimum atomic E-state index is -1.23. The number of hydrogen-bond donors (Lipinski definition) is 3. The molecule has 3 N–H and O–H groups in total. The van der Waals surface area contributed by atoms with Crippen LogP contribution in [0.2, 0.25) is 0 Å². The lowest BCUT2D eigenvalue weighted by Crippen LogP contribution is -2.22. The van der Waals surface area contributed by atoms with Gasteiger partial charge in [-0.15, -0.1) is 11.6 Å². The second-order valence-corrected chi connectivity index (χ2v) is 3.47. The maximum atomic E-state index is 13.3. The Morgan fingerprint density at radius 1 is 1.56 bits per heavy atom. The van der Waals surface area contributed by atoms with Crippen LogP contribution in [0, 0.1) is 5.82 Å². The van der Waals surface area contributed by atoms with Crippen molar-refractivity contribution in [2.45, 2.75) is 6.10 Å². The summed E-state index contributed by atoms with van der Waals surface area (Å²) in [5, 5.41) is 20.5. The molecule has 0 aliphatic carbocycles.